The van der Waals surface area contributed by atoms with Gasteiger partial charge in [-0.15, -0.1) is 0 Å². The Labute approximate surface area is 69.0 Å². The highest BCUT2D eigenvalue weighted by Gasteiger charge is 1.97. The summed E-state index contributed by atoms with van der Waals surface area (Å²) in [5.74, 6) is 0.227. The molecule has 0 fully saturated rings. The minimum Gasteiger partial charge on any atom is -0.410 e. The fourth-order valence-electron chi connectivity index (χ4n) is 0.707. The van der Waals surface area contributed by atoms with Gasteiger partial charge in [-0.3, -0.25) is 4.79 Å². The largest absolute Gasteiger partial charge is 0.410 e. The summed E-state index contributed by atoms with van der Waals surface area (Å²) in [6.45, 7) is 2.08. The molecule has 0 spiro atoms. The highest BCUT2D eigenvalue weighted by atomic mass is 35.5. The van der Waals surface area contributed by atoms with Gasteiger partial charge in [0.15, 0.2) is 0 Å². The second-order valence-electron chi connectivity index (χ2n) is 1.98. The molecule has 0 bridgehead atoms. The molecule has 3 nitrogen and oxygen atoms in total. The van der Waals surface area contributed by atoms with Crippen molar-refractivity contribution in [2.24, 2.45) is 0 Å². The van der Waals surface area contributed by atoms with Crippen LogP contribution in [-0.4, -0.2) is 11.5 Å². The molecular weight excluding hydrogens is 166 g/mol. The molecule has 0 N–H and O–H groups in total. The van der Waals surface area contributed by atoms with E-state index < -0.39 is 0 Å². The highest BCUT2D eigenvalue weighted by molar-refractivity contribution is 6.30. The molecule has 58 valence electrons. The third-order valence-corrected chi connectivity index (χ3v) is 1.28. The second kappa shape index (κ2) is 3.34. The third-order valence-electron chi connectivity index (χ3n) is 1.06. The molecule has 0 radical (unpaired) electrons. The Kier molecular flexibility index (Phi) is 2.44. The van der Waals surface area contributed by atoms with Gasteiger partial charge < -0.3 is 4.74 Å². The van der Waals surface area contributed by atoms with Gasteiger partial charge in [-0.2, -0.15) is 0 Å². The highest BCUT2D eigenvalue weighted by Crippen LogP contribution is 2.15. The molecule has 0 aromatic carbocycles. The minimum absolute atomic E-state index is 0.227. The van der Waals surface area contributed by atoms with E-state index in [1.807, 2.05) is 0 Å². The number of hydrogen-bond donors (Lipinski definition) is 0. The van der Waals surface area contributed by atoms with Gasteiger partial charge >= 0.3 is 0 Å². The zero-order valence-corrected chi connectivity index (χ0v) is 6.63. The molecule has 0 aliphatic heterocycles. The van der Waals surface area contributed by atoms with Crippen molar-refractivity contribution in [1.82, 2.24) is 4.98 Å². The first-order chi connectivity index (χ1) is 5.22. The number of pyridine rings is 1. The Morgan fingerprint density at radius 3 is 2.91 bits per heavy atom. The summed E-state index contributed by atoms with van der Waals surface area (Å²) in [7, 11) is 0. The molecule has 0 saturated carbocycles. The van der Waals surface area contributed by atoms with Gasteiger partial charge in [0.25, 0.3) is 6.47 Å². The molecule has 0 saturated heterocycles. The van der Waals surface area contributed by atoms with Crippen LogP contribution in [0.3, 0.4) is 0 Å². The third kappa shape index (κ3) is 2.20. The van der Waals surface area contributed by atoms with Gasteiger partial charge in [0.2, 0.25) is 5.88 Å². The van der Waals surface area contributed by atoms with Crippen molar-refractivity contribution >= 4 is 18.1 Å². The van der Waals surface area contributed by atoms with Crippen LogP contribution < -0.4 is 4.74 Å². The van der Waals surface area contributed by atoms with Crippen molar-refractivity contribution in [3.8, 4) is 5.88 Å². The molecule has 0 amide bonds. The lowest BCUT2D eigenvalue weighted by atomic mass is 10.4. The van der Waals surface area contributed by atoms with E-state index in [4.69, 9.17) is 11.6 Å². The summed E-state index contributed by atoms with van der Waals surface area (Å²) in [6.07, 6.45) is 0. The van der Waals surface area contributed by atoms with E-state index >= 15 is 0 Å². The monoisotopic (exact) mass is 171 g/mol. The molecule has 0 unspecified atom stereocenters. The van der Waals surface area contributed by atoms with Crippen molar-refractivity contribution < 1.29 is 9.53 Å². The topological polar surface area (TPSA) is 39.2 Å². The maximum absolute atomic E-state index is 9.89. The zero-order chi connectivity index (χ0) is 8.27. The van der Waals surface area contributed by atoms with Crippen LogP contribution in [0.2, 0.25) is 5.02 Å². The first-order valence-electron chi connectivity index (χ1n) is 2.97. The molecule has 1 aromatic rings. The SMILES string of the molecule is Cc1cc(Cl)cc(OC=O)n1. The number of nitrogens with zero attached hydrogens (tertiary/aromatic N) is 1. The van der Waals surface area contributed by atoms with Gasteiger partial charge in [-0.1, -0.05) is 11.6 Å². The summed E-state index contributed by atoms with van der Waals surface area (Å²) >= 11 is 5.65. The van der Waals surface area contributed by atoms with E-state index in [1.54, 1.807) is 13.0 Å². The number of rotatable bonds is 2. The smallest absolute Gasteiger partial charge is 0.299 e. The Bertz CT molecular complexity index is 255. The first-order valence-corrected chi connectivity index (χ1v) is 3.34. The Morgan fingerprint density at radius 2 is 2.36 bits per heavy atom. The molecule has 11 heavy (non-hydrogen) atoms. The van der Waals surface area contributed by atoms with Crippen LogP contribution >= 0.6 is 11.6 Å². The fourth-order valence-corrected chi connectivity index (χ4v) is 0.958. The lowest BCUT2D eigenvalue weighted by Crippen LogP contribution is -1.92. The van der Waals surface area contributed by atoms with Gasteiger partial charge in [0.1, 0.15) is 0 Å². The number of carbonyl (C=O) groups is 1. The van der Waals surface area contributed by atoms with Crippen LogP contribution in [-0.2, 0) is 4.79 Å². The van der Waals surface area contributed by atoms with Crippen molar-refractivity contribution in [2.75, 3.05) is 0 Å². The minimum atomic E-state index is 0.227. The Morgan fingerprint density at radius 1 is 1.64 bits per heavy atom. The number of carbonyl (C=O) groups excluding carboxylic acids is 1. The summed E-state index contributed by atoms with van der Waals surface area (Å²) in [6, 6.07) is 3.15. The van der Waals surface area contributed by atoms with Crippen LogP contribution in [0.15, 0.2) is 12.1 Å². The zero-order valence-electron chi connectivity index (χ0n) is 5.87. The van der Waals surface area contributed by atoms with E-state index in [0.29, 0.717) is 17.2 Å². The van der Waals surface area contributed by atoms with Crippen molar-refractivity contribution in [3.63, 3.8) is 0 Å². The maximum atomic E-state index is 9.89. The van der Waals surface area contributed by atoms with E-state index in [2.05, 4.69) is 9.72 Å². The molecule has 1 heterocycles. The fraction of sp³-hybridized carbons (Fsp3) is 0.143. The van der Waals surface area contributed by atoms with Crippen molar-refractivity contribution in [3.05, 3.63) is 22.8 Å². The van der Waals surface area contributed by atoms with Crippen LogP contribution in [0.5, 0.6) is 5.88 Å². The van der Waals surface area contributed by atoms with Gasteiger partial charge in [-0.05, 0) is 13.0 Å². The normalized spacial score (nSPS) is 9.27. The van der Waals surface area contributed by atoms with Gasteiger partial charge in [0, 0.05) is 16.8 Å². The van der Waals surface area contributed by atoms with Crippen LogP contribution in [0.1, 0.15) is 5.69 Å². The van der Waals surface area contributed by atoms with E-state index in [1.165, 1.54) is 6.07 Å². The van der Waals surface area contributed by atoms with Gasteiger partial charge in [-0.25, -0.2) is 4.98 Å². The molecule has 0 atom stereocenters. The van der Waals surface area contributed by atoms with Crippen LogP contribution in [0.4, 0.5) is 0 Å². The van der Waals surface area contributed by atoms with E-state index in [0.717, 1.165) is 0 Å². The lowest BCUT2D eigenvalue weighted by Gasteiger charge is -1.98. The van der Waals surface area contributed by atoms with E-state index in [-0.39, 0.29) is 5.88 Å². The number of aryl methyl sites for hydroxylation is 1. The standard InChI is InChI=1S/C7H6ClNO2/c1-5-2-6(8)3-7(9-5)11-4-10/h2-4H,1H3. The average Bonchev–Trinajstić information content (AvgIpc) is 1.85. The Hall–Kier alpha value is -1.09. The van der Waals surface area contributed by atoms with Crippen LogP contribution in [0, 0.1) is 6.92 Å². The van der Waals surface area contributed by atoms with Crippen molar-refractivity contribution in [1.29, 1.82) is 0 Å². The van der Waals surface area contributed by atoms with Gasteiger partial charge in [0.05, 0.1) is 0 Å². The number of hydrogen-bond acceptors (Lipinski definition) is 3. The molecule has 4 heteroatoms. The molecular formula is C7H6ClNO2. The molecule has 0 aliphatic carbocycles. The summed E-state index contributed by atoms with van der Waals surface area (Å²) in [4.78, 5) is 13.8. The number of halogens is 1. The summed E-state index contributed by atoms with van der Waals surface area (Å²) in [5.41, 5.74) is 0.717. The number of ether oxygens (including phenoxy) is 1. The molecule has 0 aliphatic rings. The summed E-state index contributed by atoms with van der Waals surface area (Å²) in [5, 5.41) is 0.509. The average molecular weight is 172 g/mol. The maximum Gasteiger partial charge on any atom is 0.299 e. The predicted molar refractivity (Wildman–Crippen MR) is 40.7 cm³/mol. The quantitative estimate of drug-likeness (QED) is 0.635. The Balaban J connectivity index is 2.98. The van der Waals surface area contributed by atoms with E-state index in [9.17, 15) is 4.79 Å². The first kappa shape index (κ1) is 8.01. The van der Waals surface area contributed by atoms with Crippen LogP contribution in [0.25, 0.3) is 0 Å². The predicted octanol–water partition coefficient (Wildman–Crippen LogP) is 1.58. The molecule has 1 rings (SSSR count). The summed E-state index contributed by atoms with van der Waals surface area (Å²) < 4.78 is 4.49. The number of aromatic nitrogens is 1. The molecule has 1 aromatic heterocycles. The second-order valence-corrected chi connectivity index (χ2v) is 2.42. The van der Waals surface area contributed by atoms with Crippen molar-refractivity contribution in [2.45, 2.75) is 6.92 Å². The lowest BCUT2D eigenvalue weighted by molar-refractivity contribution is -0.120.